The molecule has 122 valence electrons. The first kappa shape index (κ1) is 14.9. The molecule has 0 aromatic heterocycles. The van der Waals surface area contributed by atoms with E-state index in [2.05, 4.69) is 48.8 Å². The Morgan fingerprint density at radius 2 is 2.00 bits per heavy atom. The maximum atomic E-state index is 5.87. The highest BCUT2D eigenvalue weighted by molar-refractivity contribution is 5.40. The van der Waals surface area contributed by atoms with Crippen molar-refractivity contribution in [2.75, 3.05) is 32.7 Å². The Morgan fingerprint density at radius 3 is 2.59 bits per heavy atom. The molecule has 0 bridgehead atoms. The molecule has 2 saturated heterocycles. The Balaban J connectivity index is 1.40. The third kappa shape index (κ3) is 2.47. The average Bonchev–Trinajstić information content (AvgIpc) is 3.08. The van der Waals surface area contributed by atoms with Crippen molar-refractivity contribution in [3.63, 3.8) is 0 Å². The van der Waals surface area contributed by atoms with E-state index in [1.54, 1.807) is 5.57 Å². The predicted molar refractivity (Wildman–Crippen MR) is 89.9 cm³/mol. The largest absolute Gasteiger partial charge is 0.373 e. The highest BCUT2D eigenvalue weighted by Crippen LogP contribution is 2.62. The summed E-state index contributed by atoms with van der Waals surface area (Å²) in [6.07, 6.45) is 10.8. The fourth-order valence-corrected chi connectivity index (χ4v) is 5.01. The Labute approximate surface area is 135 Å². The van der Waals surface area contributed by atoms with Gasteiger partial charge in [0.1, 0.15) is 0 Å². The number of allylic oxidation sites excluding steroid dienone is 1. The van der Waals surface area contributed by atoms with Crippen LogP contribution in [0.4, 0.5) is 0 Å². The van der Waals surface area contributed by atoms with Gasteiger partial charge in [-0.3, -0.25) is 4.90 Å². The quantitative estimate of drug-likeness (QED) is 0.797. The first-order chi connectivity index (χ1) is 10.6. The second-order valence-electron chi connectivity index (χ2n) is 7.92. The molecule has 3 unspecified atom stereocenters. The third-order valence-corrected chi connectivity index (χ3v) is 6.23. The van der Waals surface area contributed by atoms with E-state index < -0.39 is 0 Å². The Hall–Kier alpha value is -0.640. The zero-order valence-corrected chi connectivity index (χ0v) is 14.3. The molecule has 3 heteroatoms. The molecule has 4 aliphatic rings. The summed E-state index contributed by atoms with van der Waals surface area (Å²) in [6.45, 7) is 12.6. The van der Waals surface area contributed by atoms with Crippen LogP contribution >= 0.6 is 0 Å². The van der Waals surface area contributed by atoms with Crippen LogP contribution in [0.2, 0.25) is 0 Å². The smallest absolute Gasteiger partial charge is 0.0678 e. The molecule has 22 heavy (non-hydrogen) atoms. The minimum atomic E-state index is 0.363. The van der Waals surface area contributed by atoms with E-state index >= 15 is 0 Å². The third-order valence-electron chi connectivity index (χ3n) is 6.23. The summed E-state index contributed by atoms with van der Waals surface area (Å²) in [5.41, 5.74) is 2.17. The first-order valence-electron chi connectivity index (χ1n) is 9.11. The fourth-order valence-electron chi connectivity index (χ4n) is 5.01. The van der Waals surface area contributed by atoms with Crippen molar-refractivity contribution >= 4 is 0 Å². The van der Waals surface area contributed by atoms with Gasteiger partial charge in [0, 0.05) is 37.6 Å². The van der Waals surface area contributed by atoms with Crippen molar-refractivity contribution in [1.29, 1.82) is 0 Å². The number of hydrogen-bond acceptors (Lipinski definition) is 3. The van der Waals surface area contributed by atoms with Gasteiger partial charge < -0.3 is 9.64 Å². The van der Waals surface area contributed by atoms with Crippen molar-refractivity contribution in [2.45, 2.75) is 51.9 Å². The van der Waals surface area contributed by atoms with E-state index in [1.807, 2.05) is 0 Å². The van der Waals surface area contributed by atoms with Crippen LogP contribution in [0.25, 0.3) is 0 Å². The summed E-state index contributed by atoms with van der Waals surface area (Å²) in [4.78, 5) is 5.23. The minimum absolute atomic E-state index is 0.363. The highest BCUT2D eigenvalue weighted by atomic mass is 16.5. The van der Waals surface area contributed by atoms with E-state index in [0.717, 1.165) is 19.0 Å². The standard InChI is InChI=1S/C19H30N2O/c1-4-20-12-17-9-19(17,13-20)16-5-7-18(8-6-16)21-10-14(2)22-15(3)11-21/h5-7,14-15,17-18H,4,8-13H2,1-3H3/t14?,15?,17-,18?,19+/m0/s1. The molecule has 2 aliphatic heterocycles. The number of hydrogen-bond donors (Lipinski definition) is 0. The SMILES string of the molecule is CCN1C[C@@H]2C[C@]2(C2=CCC(N3CC(C)OC(C)C3)C=C2)C1. The minimum Gasteiger partial charge on any atom is -0.373 e. The molecule has 1 saturated carbocycles. The summed E-state index contributed by atoms with van der Waals surface area (Å²) < 4.78 is 5.87. The number of morpholine rings is 1. The van der Waals surface area contributed by atoms with Gasteiger partial charge in [0.25, 0.3) is 0 Å². The summed E-state index contributed by atoms with van der Waals surface area (Å²) in [5.74, 6) is 0.934. The lowest BCUT2D eigenvalue weighted by atomic mass is 9.88. The number of nitrogens with zero attached hydrogens (tertiary/aromatic N) is 2. The summed E-state index contributed by atoms with van der Waals surface area (Å²) in [7, 11) is 0. The highest BCUT2D eigenvalue weighted by Gasteiger charge is 2.60. The van der Waals surface area contributed by atoms with E-state index in [-0.39, 0.29) is 0 Å². The van der Waals surface area contributed by atoms with E-state index in [9.17, 15) is 0 Å². The van der Waals surface area contributed by atoms with Gasteiger partial charge >= 0.3 is 0 Å². The van der Waals surface area contributed by atoms with Crippen LogP contribution in [-0.2, 0) is 4.74 Å². The molecule has 4 rings (SSSR count). The normalized spacial score (nSPS) is 45.7. The van der Waals surface area contributed by atoms with E-state index in [1.165, 1.54) is 32.5 Å². The topological polar surface area (TPSA) is 15.7 Å². The van der Waals surface area contributed by atoms with Crippen molar-refractivity contribution in [2.24, 2.45) is 11.3 Å². The second kappa shape index (κ2) is 5.47. The maximum Gasteiger partial charge on any atom is 0.0678 e. The predicted octanol–water partition coefficient (Wildman–Crippen LogP) is 2.69. The van der Waals surface area contributed by atoms with E-state index in [0.29, 0.717) is 23.7 Å². The van der Waals surface area contributed by atoms with Gasteiger partial charge in [-0.05, 0) is 44.7 Å². The molecule has 5 atom stereocenters. The van der Waals surface area contributed by atoms with Gasteiger partial charge in [-0.25, -0.2) is 0 Å². The van der Waals surface area contributed by atoms with Gasteiger partial charge in [0.05, 0.1) is 12.2 Å². The lowest BCUT2D eigenvalue weighted by molar-refractivity contribution is -0.0751. The van der Waals surface area contributed by atoms with Crippen molar-refractivity contribution < 1.29 is 4.74 Å². The van der Waals surface area contributed by atoms with Crippen LogP contribution in [0.15, 0.2) is 23.8 Å². The molecule has 0 aromatic carbocycles. The van der Waals surface area contributed by atoms with Gasteiger partial charge in [0.15, 0.2) is 0 Å². The van der Waals surface area contributed by atoms with Crippen LogP contribution in [0.1, 0.15) is 33.6 Å². The number of likely N-dealkylation sites (tertiary alicyclic amines) is 1. The van der Waals surface area contributed by atoms with Crippen molar-refractivity contribution in [3.05, 3.63) is 23.8 Å². The van der Waals surface area contributed by atoms with Crippen molar-refractivity contribution in [3.8, 4) is 0 Å². The van der Waals surface area contributed by atoms with E-state index in [4.69, 9.17) is 4.74 Å². The van der Waals surface area contributed by atoms with Crippen LogP contribution in [-0.4, -0.2) is 60.8 Å². The summed E-state index contributed by atoms with van der Waals surface area (Å²) in [5, 5.41) is 0. The number of fused-ring (bicyclic) bond motifs is 1. The van der Waals surface area contributed by atoms with Gasteiger partial charge in [0.2, 0.25) is 0 Å². The van der Waals surface area contributed by atoms with Crippen LogP contribution in [0, 0.1) is 11.3 Å². The molecule has 0 aromatic rings. The zero-order chi connectivity index (χ0) is 15.3. The average molecular weight is 302 g/mol. The monoisotopic (exact) mass is 302 g/mol. The molecular weight excluding hydrogens is 272 g/mol. The maximum absolute atomic E-state index is 5.87. The Morgan fingerprint density at radius 1 is 1.23 bits per heavy atom. The summed E-state index contributed by atoms with van der Waals surface area (Å²) >= 11 is 0. The molecule has 3 nitrogen and oxygen atoms in total. The Kier molecular flexibility index (Phi) is 3.71. The van der Waals surface area contributed by atoms with Gasteiger partial charge in [-0.2, -0.15) is 0 Å². The fraction of sp³-hybridized carbons (Fsp3) is 0.789. The van der Waals surface area contributed by atoms with Gasteiger partial charge in [-0.15, -0.1) is 0 Å². The molecule has 0 N–H and O–H groups in total. The molecule has 0 spiro atoms. The van der Waals surface area contributed by atoms with Crippen LogP contribution < -0.4 is 0 Å². The lowest BCUT2D eigenvalue weighted by Gasteiger charge is -2.40. The zero-order valence-electron chi connectivity index (χ0n) is 14.3. The van der Waals surface area contributed by atoms with Gasteiger partial charge in [-0.1, -0.05) is 25.2 Å². The molecule has 2 heterocycles. The van der Waals surface area contributed by atoms with Crippen LogP contribution in [0.5, 0.6) is 0 Å². The lowest BCUT2D eigenvalue weighted by Crippen LogP contribution is -2.49. The van der Waals surface area contributed by atoms with Crippen LogP contribution in [0.3, 0.4) is 0 Å². The molecule has 0 radical (unpaired) electrons. The number of rotatable bonds is 3. The first-order valence-corrected chi connectivity index (χ1v) is 9.11. The second-order valence-corrected chi connectivity index (χ2v) is 7.92. The molecule has 3 fully saturated rings. The summed E-state index contributed by atoms with van der Waals surface area (Å²) in [6, 6.07) is 0.579. The molecule has 2 aliphatic carbocycles. The molecule has 0 amide bonds. The number of ether oxygens (including phenoxy) is 1. The molecular formula is C19H30N2O. The number of piperidine rings is 1. The Bertz CT molecular complexity index is 490. The van der Waals surface area contributed by atoms with Crippen molar-refractivity contribution in [1.82, 2.24) is 9.80 Å².